The number of anilines is 1. The number of hydrogen-bond donors (Lipinski definition) is 1. The van der Waals surface area contributed by atoms with Crippen LogP contribution < -0.4 is 10.9 Å². The van der Waals surface area contributed by atoms with Gasteiger partial charge in [-0.3, -0.25) is 9.59 Å². The maximum Gasteiger partial charge on any atom is 0.278 e. The zero-order valence-corrected chi connectivity index (χ0v) is 19.0. The van der Waals surface area contributed by atoms with Crippen molar-refractivity contribution in [2.75, 3.05) is 5.32 Å². The lowest BCUT2D eigenvalue weighted by Gasteiger charge is -2.18. The van der Waals surface area contributed by atoms with E-state index in [1.54, 1.807) is 4.68 Å². The summed E-state index contributed by atoms with van der Waals surface area (Å²) in [6, 6.07) is 14.8. The number of nitrogens with zero attached hydrogens (tertiary/aromatic N) is 4. The Labute approximate surface area is 186 Å². The third kappa shape index (κ3) is 3.70. The number of carbonyl (C=O) groups is 1. The van der Waals surface area contributed by atoms with Crippen molar-refractivity contribution in [1.82, 2.24) is 19.6 Å². The second kappa shape index (κ2) is 8.42. The van der Waals surface area contributed by atoms with Gasteiger partial charge in [-0.15, -0.1) is 0 Å². The van der Waals surface area contributed by atoms with E-state index in [9.17, 15) is 9.59 Å². The van der Waals surface area contributed by atoms with Crippen LogP contribution in [0.5, 0.6) is 0 Å². The summed E-state index contributed by atoms with van der Waals surface area (Å²) in [7, 11) is 0. The fourth-order valence-electron chi connectivity index (χ4n) is 4.05. The molecule has 164 valence electrons. The smallest absolute Gasteiger partial charge is 0.278 e. The molecule has 0 radical (unpaired) electrons. The van der Waals surface area contributed by atoms with Crippen LogP contribution in [0.25, 0.3) is 16.6 Å². The average Bonchev–Trinajstić information content (AvgIpc) is 3.13. The molecule has 1 atom stereocenters. The second-order valence-corrected chi connectivity index (χ2v) is 8.12. The number of fused-ring (bicyclic) bond motifs is 1. The molecule has 0 saturated heterocycles. The number of carbonyl (C=O) groups excluding carboxylic acids is 1. The normalized spacial score (nSPS) is 12.2. The van der Waals surface area contributed by atoms with Gasteiger partial charge >= 0.3 is 0 Å². The van der Waals surface area contributed by atoms with Crippen LogP contribution >= 0.6 is 0 Å². The summed E-state index contributed by atoms with van der Waals surface area (Å²) in [4.78, 5) is 26.6. The number of nitrogens with one attached hydrogen (secondary N) is 1. The summed E-state index contributed by atoms with van der Waals surface area (Å²) in [5.74, 6) is -0.263. The third-order valence-electron chi connectivity index (χ3n) is 5.76. The van der Waals surface area contributed by atoms with E-state index in [0.717, 1.165) is 28.2 Å². The van der Waals surface area contributed by atoms with Crippen LogP contribution in [-0.4, -0.2) is 25.5 Å². The fourth-order valence-corrected chi connectivity index (χ4v) is 4.05. The highest BCUT2D eigenvalue weighted by atomic mass is 16.2. The molecule has 4 aromatic rings. The van der Waals surface area contributed by atoms with Gasteiger partial charge in [-0.25, -0.2) is 9.36 Å². The van der Waals surface area contributed by atoms with Crippen molar-refractivity contribution in [3.8, 4) is 5.69 Å². The van der Waals surface area contributed by atoms with Gasteiger partial charge in [0.05, 0.1) is 22.5 Å². The molecule has 4 rings (SSSR count). The van der Waals surface area contributed by atoms with E-state index in [1.165, 1.54) is 4.68 Å². The number of amides is 1. The van der Waals surface area contributed by atoms with Crippen molar-refractivity contribution >= 4 is 22.5 Å². The van der Waals surface area contributed by atoms with Gasteiger partial charge in [-0.1, -0.05) is 42.8 Å². The Morgan fingerprint density at radius 2 is 1.75 bits per heavy atom. The Kier molecular flexibility index (Phi) is 5.65. The number of rotatable bonds is 5. The number of hydrogen-bond acceptors (Lipinski definition) is 4. The van der Waals surface area contributed by atoms with E-state index in [0.29, 0.717) is 23.0 Å². The Morgan fingerprint density at radius 3 is 2.41 bits per heavy atom. The first kappa shape index (κ1) is 21.5. The molecule has 2 aromatic carbocycles. The predicted octanol–water partition coefficient (Wildman–Crippen LogP) is 4.41. The molecule has 0 unspecified atom stereocenters. The maximum absolute atomic E-state index is 13.5. The molecule has 32 heavy (non-hydrogen) atoms. The lowest BCUT2D eigenvalue weighted by molar-refractivity contribution is -0.119. The van der Waals surface area contributed by atoms with E-state index in [1.807, 2.05) is 83.1 Å². The monoisotopic (exact) mass is 429 g/mol. The van der Waals surface area contributed by atoms with Crippen molar-refractivity contribution < 1.29 is 4.79 Å². The molecule has 0 aliphatic rings. The number of aryl methyl sites for hydroxylation is 4. The van der Waals surface area contributed by atoms with Crippen LogP contribution in [0, 0.1) is 27.7 Å². The van der Waals surface area contributed by atoms with Crippen LogP contribution in [0.2, 0.25) is 0 Å². The first-order valence-electron chi connectivity index (χ1n) is 10.7. The van der Waals surface area contributed by atoms with E-state index in [-0.39, 0.29) is 11.5 Å². The molecule has 0 fully saturated rings. The van der Waals surface area contributed by atoms with Crippen LogP contribution in [0.15, 0.2) is 53.3 Å². The van der Waals surface area contributed by atoms with Gasteiger partial charge in [0.15, 0.2) is 0 Å². The summed E-state index contributed by atoms with van der Waals surface area (Å²) in [6.45, 7) is 9.51. The number of aromatic nitrogens is 4. The Balaban J connectivity index is 1.79. The van der Waals surface area contributed by atoms with Gasteiger partial charge in [0.25, 0.3) is 5.56 Å². The number of para-hydroxylation sites is 1. The minimum Gasteiger partial charge on any atom is -0.324 e. The molecule has 0 bridgehead atoms. The zero-order valence-electron chi connectivity index (χ0n) is 19.0. The summed E-state index contributed by atoms with van der Waals surface area (Å²) >= 11 is 0. The van der Waals surface area contributed by atoms with Gasteiger partial charge in [0.2, 0.25) is 5.91 Å². The molecule has 7 heteroatoms. The summed E-state index contributed by atoms with van der Waals surface area (Å²) < 4.78 is 3.06. The predicted molar refractivity (Wildman–Crippen MR) is 126 cm³/mol. The van der Waals surface area contributed by atoms with Crippen molar-refractivity contribution in [2.24, 2.45) is 0 Å². The quantitative estimate of drug-likeness (QED) is 0.510. The fraction of sp³-hybridized carbons (Fsp3) is 0.280. The summed E-state index contributed by atoms with van der Waals surface area (Å²) in [6.07, 6.45) is 0.431. The standard InChI is InChI=1S/C25H27N5O2/c1-6-21(24(31)26-20-13-12-15(2)14-16(20)3)30-25(32)22-18(5)29(19-10-8-7-9-11-19)28-23(22)17(4)27-30/h7-14,21H,6H2,1-5H3,(H,26,31)/t21-/m1/s1. The average molecular weight is 430 g/mol. The highest BCUT2D eigenvalue weighted by Gasteiger charge is 2.25. The van der Waals surface area contributed by atoms with Crippen LogP contribution in [-0.2, 0) is 4.79 Å². The molecule has 2 heterocycles. The minimum absolute atomic E-state index is 0.263. The first-order chi connectivity index (χ1) is 15.3. The summed E-state index contributed by atoms with van der Waals surface area (Å²) in [5, 5.41) is 12.6. The molecule has 2 aromatic heterocycles. The Hall–Kier alpha value is -3.74. The van der Waals surface area contributed by atoms with Crippen molar-refractivity contribution in [3.63, 3.8) is 0 Å². The van der Waals surface area contributed by atoms with Crippen molar-refractivity contribution in [3.05, 3.63) is 81.4 Å². The lowest BCUT2D eigenvalue weighted by Crippen LogP contribution is -2.35. The van der Waals surface area contributed by atoms with Crippen molar-refractivity contribution in [1.29, 1.82) is 0 Å². The topological polar surface area (TPSA) is 81.8 Å². The van der Waals surface area contributed by atoms with Gasteiger partial charge in [0, 0.05) is 5.69 Å². The van der Waals surface area contributed by atoms with E-state index in [4.69, 9.17) is 0 Å². The molecule has 0 aliphatic carbocycles. The Morgan fingerprint density at radius 1 is 1.03 bits per heavy atom. The molecule has 0 saturated carbocycles. The lowest BCUT2D eigenvalue weighted by atomic mass is 10.1. The maximum atomic E-state index is 13.5. The molecular formula is C25H27N5O2. The van der Waals surface area contributed by atoms with E-state index in [2.05, 4.69) is 15.5 Å². The molecule has 1 amide bonds. The van der Waals surface area contributed by atoms with Crippen LogP contribution in [0.3, 0.4) is 0 Å². The first-order valence-corrected chi connectivity index (χ1v) is 10.7. The Bertz CT molecular complexity index is 1370. The SMILES string of the molecule is CC[C@H](C(=O)Nc1ccc(C)cc1C)n1nc(C)c2nn(-c3ccccc3)c(C)c2c1=O. The zero-order chi connectivity index (χ0) is 23.0. The van der Waals surface area contributed by atoms with Crippen LogP contribution in [0.4, 0.5) is 5.69 Å². The number of benzene rings is 2. The molecular weight excluding hydrogens is 402 g/mol. The second-order valence-electron chi connectivity index (χ2n) is 8.12. The third-order valence-corrected chi connectivity index (χ3v) is 5.76. The van der Waals surface area contributed by atoms with Gasteiger partial charge < -0.3 is 5.32 Å². The largest absolute Gasteiger partial charge is 0.324 e. The minimum atomic E-state index is -0.731. The molecule has 0 spiro atoms. The molecule has 7 nitrogen and oxygen atoms in total. The van der Waals surface area contributed by atoms with E-state index >= 15 is 0 Å². The van der Waals surface area contributed by atoms with E-state index < -0.39 is 6.04 Å². The van der Waals surface area contributed by atoms with Crippen molar-refractivity contribution in [2.45, 2.75) is 47.1 Å². The van der Waals surface area contributed by atoms with Gasteiger partial charge in [-0.2, -0.15) is 10.2 Å². The molecule has 0 aliphatic heterocycles. The highest BCUT2D eigenvalue weighted by Crippen LogP contribution is 2.23. The highest BCUT2D eigenvalue weighted by molar-refractivity contribution is 5.94. The summed E-state index contributed by atoms with van der Waals surface area (Å²) in [5.41, 5.74) is 5.27. The van der Waals surface area contributed by atoms with Gasteiger partial charge in [0.1, 0.15) is 11.6 Å². The molecule has 1 N–H and O–H groups in total. The van der Waals surface area contributed by atoms with Gasteiger partial charge in [-0.05, 0) is 57.9 Å². The van der Waals surface area contributed by atoms with Crippen LogP contribution in [0.1, 0.15) is 41.9 Å².